The predicted molar refractivity (Wildman–Crippen MR) is 52.7 cm³/mol. The average Bonchev–Trinajstić information content (AvgIpc) is 2.03. The molecule has 0 aliphatic rings. The second-order valence-corrected chi connectivity index (χ2v) is 3.77. The molecule has 0 bridgehead atoms. The van der Waals surface area contributed by atoms with Gasteiger partial charge in [-0.15, -0.1) is 0 Å². The van der Waals surface area contributed by atoms with Gasteiger partial charge in [0.25, 0.3) is 0 Å². The Bertz CT molecular complexity index is 171. The third-order valence-electron chi connectivity index (χ3n) is 2.48. The van der Waals surface area contributed by atoms with E-state index >= 15 is 0 Å². The van der Waals surface area contributed by atoms with E-state index in [-0.39, 0.29) is 6.42 Å². The van der Waals surface area contributed by atoms with Gasteiger partial charge in [-0.25, -0.2) is 0 Å². The van der Waals surface area contributed by atoms with Crippen molar-refractivity contribution in [1.29, 1.82) is 0 Å². The molecular weight excluding hydrogens is 184 g/mol. The summed E-state index contributed by atoms with van der Waals surface area (Å²) in [6.07, 6.45) is 0.841. The molecule has 14 heavy (non-hydrogen) atoms. The second-order valence-electron chi connectivity index (χ2n) is 3.77. The molecule has 3 N–H and O–H groups in total. The lowest BCUT2D eigenvalue weighted by atomic mass is 9.76. The fourth-order valence-corrected chi connectivity index (χ4v) is 1.94. The first kappa shape index (κ1) is 13.4. The van der Waals surface area contributed by atoms with Gasteiger partial charge in [-0.3, -0.25) is 4.79 Å². The largest absolute Gasteiger partial charge is 0.481 e. The van der Waals surface area contributed by atoms with Crippen molar-refractivity contribution in [2.75, 3.05) is 0 Å². The van der Waals surface area contributed by atoms with E-state index in [0.29, 0.717) is 12.8 Å². The van der Waals surface area contributed by atoms with Gasteiger partial charge in [-0.05, 0) is 12.8 Å². The van der Waals surface area contributed by atoms with Crippen LogP contribution >= 0.6 is 0 Å². The molecule has 0 aliphatic heterocycles. The summed E-state index contributed by atoms with van der Waals surface area (Å²) in [6, 6.07) is 0. The molecule has 0 aromatic rings. The summed E-state index contributed by atoms with van der Waals surface area (Å²) in [5, 5.41) is 26.9. The summed E-state index contributed by atoms with van der Waals surface area (Å²) in [5.41, 5.74) is -0.961. The molecule has 0 aliphatic carbocycles. The molecule has 0 amide bonds. The van der Waals surface area contributed by atoms with Crippen molar-refractivity contribution in [2.45, 2.75) is 52.2 Å². The molecule has 0 saturated heterocycles. The molecule has 0 saturated carbocycles. The number of carboxylic acid groups (broad SMARTS) is 1. The van der Waals surface area contributed by atoms with Crippen LogP contribution in [0.25, 0.3) is 0 Å². The Balaban J connectivity index is 4.64. The van der Waals surface area contributed by atoms with Gasteiger partial charge in [0.2, 0.25) is 0 Å². The van der Waals surface area contributed by atoms with Crippen molar-refractivity contribution in [3.8, 4) is 0 Å². The summed E-state index contributed by atoms with van der Waals surface area (Å²) < 4.78 is 0. The number of rotatable bonds is 7. The average molecular weight is 204 g/mol. The highest BCUT2D eigenvalue weighted by atomic mass is 16.5. The first-order valence-corrected chi connectivity index (χ1v) is 5.08. The Labute approximate surface area is 84.6 Å². The number of aliphatic carboxylic acids is 1. The highest BCUT2D eigenvalue weighted by molar-refractivity contribution is 5.74. The van der Waals surface area contributed by atoms with Crippen molar-refractivity contribution in [1.82, 2.24) is 0 Å². The van der Waals surface area contributed by atoms with Gasteiger partial charge in [-0.2, -0.15) is 0 Å². The molecule has 0 heterocycles. The molecule has 4 nitrogen and oxygen atoms in total. The van der Waals surface area contributed by atoms with E-state index in [1.54, 1.807) is 0 Å². The van der Waals surface area contributed by atoms with Gasteiger partial charge < -0.3 is 15.3 Å². The molecule has 0 aromatic heterocycles. The summed E-state index contributed by atoms with van der Waals surface area (Å²) in [6.45, 7) is 3.80. The summed E-state index contributed by atoms with van der Waals surface area (Å²) >= 11 is 0. The molecule has 0 spiro atoms. The van der Waals surface area contributed by atoms with E-state index < -0.39 is 17.7 Å². The van der Waals surface area contributed by atoms with Crippen molar-refractivity contribution >= 4 is 5.97 Å². The van der Waals surface area contributed by atoms with Crippen LogP contribution in [0.5, 0.6) is 0 Å². The van der Waals surface area contributed by atoms with Crippen LogP contribution < -0.4 is 0 Å². The highest BCUT2D eigenvalue weighted by Crippen LogP contribution is 2.34. The Hall–Kier alpha value is -0.610. The molecule has 0 aromatic carbocycles. The van der Waals surface area contributed by atoms with E-state index in [1.807, 2.05) is 13.8 Å². The van der Waals surface area contributed by atoms with Crippen LogP contribution in [0.4, 0.5) is 0 Å². The summed E-state index contributed by atoms with van der Waals surface area (Å²) in [7, 11) is 0. The third kappa shape index (κ3) is 3.64. The van der Waals surface area contributed by atoms with Crippen molar-refractivity contribution < 1.29 is 20.1 Å². The Morgan fingerprint density at radius 3 is 1.86 bits per heavy atom. The van der Waals surface area contributed by atoms with Crippen LogP contribution in [-0.2, 0) is 4.79 Å². The van der Waals surface area contributed by atoms with E-state index in [4.69, 9.17) is 15.3 Å². The third-order valence-corrected chi connectivity index (χ3v) is 2.48. The standard InChI is InChI=1S/C10H20O4/c1-3-5-10(6-4-2,9(13)14)7-8(11)12/h8,11-12H,3-7H2,1-2H3,(H,13,14). The minimum atomic E-state index is -1.54. The van der Waals surface area contributed by atoms with Gasteiger partial charge >= 0.3 is 5.97 Å². The SMILES string of the molecule is CCCC(CCC)(CC(O)O)C(=O)O. The first-order valence-electron chi connectivity index (χ1n) is 5.08. The monoisotopic (exact) mass is 204 g/mol. The smallest absolute Gasteiger partial charge is 0.309 e. The van der Waals surface area contributed by atoms with E-state index in [1.165, 1.54) is 0 Å². The van der Waals surface area contributed by atoms with Gasteiger partial charge in [-0.1, -0.05) is 26.7 Å². The number of aliphatic hydroxyl groups excluding tert-OH is 1. The molecule has 4 heteroatoms. The maximum atomic E-state index is 11.1. The number of carboxylic acids is 1. The maximum Gasteiger partial charge on any atom is 0.309 e. The van der Waals surface area contributed by atoms with E-state index in [0.717, 1.165) is 12.8 Å². The van der Waals surface area contributed by atoms with Crippen LogP contribution in [0.2, 0.25) is 0 Å². The first-order chi connectivity index (χ1) is 6.48. The molecular formula is C10H20O4. The van der Waals surface area contributed by atoms with Crippen LogP contribution in [0.3, 0.4) is 0 Å². The van der Waals surface area contributed by atoms with Gasteiger partial charge in [0.1, 0.15) is 0 Å². The number of carbonyl (C=O) groups is 1. The lowest BCUT2D eigenvalue weighted by Crippen LogP contribution is -2.34. The Morgan fingerprint density at radius 2 is 1.64 bits per heavy atom. The summed E-state index contributed by atoms with van der Waals surface area (Å²) in [5.74, 6) is -0.922. The Kier molecular flexibility index (Phi) is 5.72. The predicted octanol–water partition coefficient (Wildman–Crippen LogP) is 1.36. The van der Waals surface area contributed by atoms with Crippen LogP contribution in [0, 0.1) is 5.41 Å². The lowest BCUT2D eigenvalue weighted by Gasteiger charge is -2.29. The molecule has 0 unspecified atom stereocenters. The maximum absolute atomic E-state index is 11.1. The Morgan fingerprint density at radius 1 is 1.21 bits per heavy atom. The number of aliphatic hydroxyl groups is 2. The molecule has 0 fully saturated rings. The second kappa shape index (κ2) is 5.98. The minimum absolute atomic E-state index is 0.0794. The zero-order chi connectivity index (χ0) is 11.2. The fourth-order valence-electron chi connectivity index (χ4n) is 1.94. The highest BCUT2D eigenvalue weighted by Gasteiger charge is 2.38. The molecule has 84 valence electrons. The van der Waals surface area contributed by atoms with E-state index in [2.05, 4.69) is 0 Å². The lowest BCUT2D eigenvalue weighted by molar-refractivity contribution is -0.158. The fraction of sp³-hybridized carbons (Fsp3) is 0.900. The van der Waals surface area contributed by atoms with Crippen molar-refractivity contribution in [3.63, 3.8) is 0 Å². The summed E-state index contributed by atoms with van der Waals surface area (Å²) in [4.78, 5) is 11.1. The van der Waals surface area contributed by atoms with Gasteiger partial charge in [0, 0.05) is 6.42 Å². The van der Waals surface area contributed by atoms with E-state index in [9.17, 15) is 4.79 Å². The van der Waals surface area contributed by atoms with Gasteiger partial charge in [0.15, 0.2) is 6.29 Å². The van der Waals surface area contributed by atoms with Crippen LogP contribution in [0.1, 0.15) is 46.0 Å². The number of hydrogen-bond acceptors (Lipinski definition) is 3. The molecule has 0 atom stereocenters. The van der Waals surface area contributed by atoms with Crippen LogP contribution in [-0.4, -0.2) is 27.6 Å². The number of hydrogen-bond donors (Lipinski definition) is 3. The molecule has 0 rings (SSSR count). The topological polar surface area (TPSA) is 77.8 Å². The van der Waals surface area contributed by atoms with Crippen molar-refractivity contribution in [3.05, 3.63) is 0 Å². The van der Waals surface area contributed by atoms with Crippen molar-refractivity contribution in [2.24, 2.45) is 5.41 Å². The quantitative estimate of drug-likeness (QED) is 0.547. The molecule has 0 radical (unpaired) electrons. The van der Waals surface area contributed by atoms with Crippen LogP contribution in [0.15, 0.2) is 0 Å². The minimum Gasteiger partial charge on any atom is -0.481 e. The zero-order valence-corrected chi connectivity index (χ0v) is 8.86. The zero-order valence-electron chi connectivity index (χ0n) is 8.86. The normalized spacial score (nSPS) is 12.1. The van der Waals surface area contributed by atoms with Gasteiger partial charge in [0.05, 0.1) is 5.41 Å².